The van der Waals surface area contributed by atoms with Gasteiger partial charge in [0.1, 0.15) is 22.8 Å². The largest absolute Gasteiger partial charge is 0.494 e. The van der Waals surface area contributed by atoms with E-state index >= 15 is 4.79 Å². The molecule has 0 radical (unpaired) electrons. The molecule has 7 rings (SSSR count). The van der Waals surface area contributed by atoms with Crippen molar-refractivity contribution in [2.45, 2.75) is 59.5 Å². The minimum atomic E-state index is -1.10. The van der Waals surface area contributed by atoms with Crippen LogP contribution in [0.1, 0.15) is 79.9 Å². The summed E-state index contributed by atoms with van der Waals surface area (Å²) in [7, 11) is 3.71. The topological polar surface area (TPSA) is 94.5 Å². The van der Waals surface area contributed by atoms with Gasteiger partial charge in [0, 0.05) is 46.2 Å². The fraction of sp³-hybridized carbons (Fsp3) is 0.308. The number of nitrogens with zero attached hydrogens (tertiary/aromatic N) is 5. The number of rotatable bonds is 8. The Labute approximate surface area is 300 Å². The molecule has 258 valence electrons. The van der Waals surface area contributed by atoms with Gasteiger partial charge < -0.3 is 19.0 Å². The molecule has 4 heterocycles. The molecule has 0 spiro atoms. The summed E-state index contributed by atoms with van der Waals surface area (Å²) in [5, 5.41) is 18.2. The van der Waals surface area contributed by atoms with Gasteiger partial charge in [0.25, 0.3) is 5.91 Å². The van der Waals surface area contributed by atoms with Gasteiger partial charge in [-0.3, -0.25) is 14.4 Å². The third-order valence-corrected chi connectivity index (χ3v) is 11.1. The number of para-hydroxylation sites is 1. The molecule has 11 heteroatoms. The molecule has 1 N–H and O–H groups in total. The van der Waals surface area contributed by atoms with E-state index in [9.17, 15) is 9.90 Å². The molecule has 1 aliphatic rings. The van der Waals surface area contributed by atoms with E-state index < -0.39 is 12.0 Å². The number of anilines is 1. The minimum absolute atomic E-state index is 0.0870. The van der Waals surface area contributed by atoms with Crippen LogP contribution in [0.5, 0.6) is 5.75 Å². The first-order valence-electron chi connectivity index (χ1n) is 16.7. The monoisotopic (exact) mass is 711 g/mol. The number of benzene rings is 3. The zero-order valence-electron chi connectivity index (χ0n) is 29.1. The fourth-order valence-corrected chi connectivity index (χ4v) is 8.25. The number of carbonyl (C=O) groups excluding carboxylic acids is 1. The molecule has 0 fully saturated rings. The van der Waals surface area contributed by atoms with E-state index in [1.165, 1.54) is 0 Å². The number of hydrogen-bond donors (Lipinski definition) is 1. The summed E-state index contributed by atoms with van der Waals surface area (Å²) in [6.07, 6.45) is 1.19. The molecular weight excluding hydrogens is 673 g/mol. The van der Waals surface area contributed by atoms with E-state index in [2.05, 4.69) is 11.5 Å². The number of hydrogen-bond acceptors (Lipinski definition) is 4. The Kier molecular flexibility index (Phi) is 8.47. The number of aromatic nitrogens is 4. The zero-order valence-corrected chi connectivity index (χ0v) is 30.6. The fourth-order valence-electron chi connectivity index (χ4n) is 7.98. The Morgan fingerprint density at radius 1 is 0.960 bits per heavy atom. The van der Waals surface area contributed by atoms with E-state index in [1.807, 2.05) is 99.6 Å². The van der Waals surface area contributed by atoms with Crippen LogP contribution in [-0.2, 0) is 20.5 Å². The van der Waals surface area contributed by atoms with Crippen LogP contribution >= 0.6 is 23.2 Å². The molecule has 0 bridgehead atoms. The van der Waals surface area contributed by atoms with Crippen molar-refractivity contribution in [1.29, 1.82) is 0 Å². The summed E-state index contributed by atoms with van der Waals surface area (Å²) in [4.78, 5) is 30.2. The van der Waals surface area contributed by atoms with Crippen LogP contribution in [-0.4, -0.2) is 42.5 Å². The number of carboxylic acid groups (broad SMARTS) is 1. The van der Waals surface area contributed by atoms with Crippen LogP contribution in [0, 0.1) is 27.7 Å². The van der Waals surface area contributed by atoms with Crippen molar-refractivity contribution in [1.82, 2.24) is 18.9 Å². The molecule has 3 aromatic heterocycles. The average molecular weight is 713 g/mol. The molecule has 9 nitrogen and oxygen atoms in total. The second-order valence-corrected chi connectivity index (χ2v) is 14.1. The highest BCUT2D eigenvalue weighted by molar-refractivity contribution is 6.32. The Bertz CT molecular complexity index is 2340. The predicted octanol–water partition coefficient (Wildman–Crippen LogP) is 9.08. The maximum Gasteiger partial charge on any atom is 0.340 e. The number of carbonyl (C=O) groups is 2. The maximum absolute atomic E-state index is 15.4. The first kappa shape index (κ1) is 33.8. The van der Waals surface area contributed by atoms with Crippen molar-refractivity contribution >= 4 is 62.7 Å². The maximum atomic E-state index is 15.4. The van der Waals surface area contributed by atoms with Gasteiger partial charge in [0.2, 0.25) is 0 Å². The molecule has 6 aromatic rings. The van der Waals surface area contributed by atoms with Gasteiger partial charge in [0.05, 0.1) is 35.4 Å². The lowest BCUT2D eigenvalue weighted by Gasteiger charge is -2.42. The van der Waals surface area contributed by atoms with Crippen molar-refractivity contribution in [3.8, 4) is 5.75 Å². The first-order valence-corrected chi connectivity index (χ1v) is 17.4. The first-order chi connectivity index (χ1) is 23.8. The van der Waals surface area contributed by atoms with Crippen molar-refractivity contribution in [2.75, 3.05) is 11.5 Å². The molecule has 0 saturated heterocycles. The third-order valence-electron chi connectivity index (χ3n) is 10.3. The quantitative estimate of drug-likeness (QED) is 0.159. The number of aryl methyl sites for hydroxylation is 6. The van der Waals surface area contributed by atoms with E-state index in [0.29, 0.717) is 41.4 Å². The molecule has 2 atom stereocenters. The molecule has 1 amide bonds. The predicted molar refractivity (Wildman–Crippen MR) is 199 cm³/mol. The van der Waals surface area contributed by atoms with Crippen LogP contribution in [0.4, 0.5) is 5.82 Å². The molecule has 0 saturated carbocycles. The smallest absolute Gasteiger partial charge is 0.340 e. The Morgan fingerprint density at radius 2 is 1.66 bits per heavy atom. The van der Waals surface area contributed by atoms with E-state index in [4.69, 9.17) is 33.0 Å². The zero-order chi connectivity index (χ0) is 35.8. The standard InChI is InChI=1S/C39H39Cl2N5O4/c1-20-17-26(18-21(2)34(20)41)50-16-10-12-28-27-15-14-25(40)19-31(27)45-24(5)35(32-22(3)42-44(7)23(32)4)46(38(47)36(28)45)37-33(39(48)49)29-11-8-9-13-30(29)43(37)6/h8-9,11,13-15,17-19,24,35H,10,12,16H2,1-7H3,(H,48,49)/t24?,35-/m0/s1. The summed E-state index contributed by atoms with van der Waals surface area (Å²) in [5.74, 6) is -0.298. The number of aromatic carboxylic acids is 1. The summed E-state index contributed by atoms with van der Waals surface area (Å²) in [6.45, 7) is 10.3. The Morgan fingerprint density at radius 3 is 2.32 bits per heavy atom. The second-order valence-electron chi connectivity index (χ2n) is 13.3. The summed E-state index contributed by atoms with van der Waals surface area (Å²) in [6, 6.07) is 16.1. The highest BCUT2D eigenvalue weighted by Gasteiger charge is 2.46. The number of ether oxygens (including phenoxy) is 1. The summed E-state index contributed by atoms with van der Waals surface area (Å²) >= 11 is 13.0. The van der Waals surface area contributed by atoms with Crippen molar-refractivity contribution in [3.05, 3.63) is 110 Å². The van der Waals surface area contributed by atoms with Gasteiger partial charge in [-0.15, -0.1) is 0 Å². The molecule has 3 aromatic carbocycles. The van der Waals surface area contributed by atoms with E-state index in [0.717, 1.165) is 60.8 Å². The van der Waals surface area contributed by atoms with Crippen molar-refractivity contribution in [2.24, 2.45) is 14.1 Å². The van der Waals surface area contributed by atoms with Gasteiger partial charge in [-0.2, -0.15) is 5.10 Å². The number of carboxylic acids is 1. The van der Waals surface area contributed by atoms with Gasteiger partial charge in [-0.25, -0.2) is 4.79 Å². The summed E-state index contributed by atoms with van der Waals surface area (Å²) in [5.41, 5.74) is 7.52. The van der Waals surface area contributed by atoms with Gasteiger partial charge in [-0.05, 0) is 94.5 Å². The van der Waals surface area contributed by atoms with Gasteiger partial charge in [0.15, 0.2) is 0 Å². The average Bonchev–Trinajstić information content (AvgIpc) is 3.65. The van der Waals surface area contributed by atoms with Crippen LogP contribution in [0.3, 0.4) is 0 Å². The van der Waals surface area contributed by atoms with Crippen LogP contribution in [0.2, 0.25) is 10.0 Å². The van der Waals surface area contributed by atoms with Crippen LogP contribution in [0.15, 0.2) is 54.6 Å². The lowest BCUT2D eigenvalue weighted by Crippen LogP contribution is -2.47. The molecule has 0 aliphatic carbocycles. The lowest BCUT2D eigenvalue weighted by atomic mass is 9.92. The summed E-state index contributed by atoms with van der Waals surface area (Å²) < 4.78 is 11.9. The molecule has 1 unspecified atom stereocenters. The number of halogens is 2. The normalized spacial score (nSPS) is 16.1. The molecule has 50 heavy (non-hydrogen) atoms. The Balaban J connectivity index is 1.42. The third kappa shape index (κ3) is 5.17. The minimum Gasteiger partial charge on any atom is -0.494 e. The highest BCUT2D eigenvalue weighted by atomic mass is 35.5. The Hall–Kier alpha value is -4.73. The molecular formula is C39H39Cl2N5O4. The van der Waals surface area contributed by atoms with E-state index in [1.54, 1.807) is 11.0 Å². The molecule has 1 aliphatic heterocycles. The van der Waals surface area contributed by atoms with Crippen molar-refractivity contribution in [3.63, 3.8) is 0 Å². The van der Waals surface area contributed by atoms with Gasteiger partial charge >= 0.3 is 5.97 Å². The second kappa shape index (κ2) is 12.5. The highest BCUT2D eigenvalue weighted by Crippen LogP contribution is 2.49. The van der Waals surface area contributed by atoms with Crippen molar-refractivity contribution < 1.29 is 19.4 Å². The van der Waals surface area contributed by atoms with Gasteiger partial charge in [-0.1, -0.05) is 47.5 Å². The van der Waals surface area contributed by atoms with Crippen LogP contribution < -0.4 is 9.64 Å². The lowest BCUT2D eigenvalue weighted by molar-refractivity contribution is 0.0699. The number of amides is 1. The number of fused-ring (bicyclic) bond motifs is 4. The SMILES string of the molecule is Cc1cc(OCCCc2c3n(c4cc(Cl)ccc24)C(C)[C@@H](c2c(C)nn(C)c2C)N(c2c(C(=O)O)c4ccccc4n2C)C3=O)cc(C)c1Cl. The van der Waals surface area contributed by atoms with Crippen LogP contribution in [0.25, 0.3) is 21.8 Å². The van der Waals surface area contributed by atoms with E-state index in [-0.39, 0.29) is 17.5 Å².